The molecule has 0 aliphatic heterocycles. The zero-order valence-electron chi connectivity index (χ0n) is 12.8. The average Bonchev–Trinajstić information content (AvgIpc) is 3.11. The Kier molecular flexibility index (Phi) is 7.69. The van der Waals surface area contributed by atoms with E-state index >= 15 is 0 Å². The molecule has 122 valence electrons. The molecule has 1 aromatic heterocycles. The highest BCUT2D eigenvalue weighted by atomic mass is 32.2. The minimum Gasteiger partial charge on any atom is -0.355 e. The highest BCUT2D eigenvalue weighted by Gasteiger charge is 2.06. The van der Waals surface area contributed by atoms with E-state index in [0.717, 1.165) is 5.75 Å². The van der Waals surface area contributed by atoms with Gasteiger partial charge < -0.3 is 10.6 Å². The first-order chi connectivity index (χ1) is 11.3. The van der Waals surface area contributed by atoms with Gasteiger partial charge in [0.05, 0.1) is 4.88 Å². The molecule has 0 saturated carbocycles. The molecule has 0 bridgehead atoms. The summed E-state index contributed by atoms with van der Waals surface area (Å²) in [4.78, 5) is 25.3. The van der Waals surface area contributed by atoms with Crippen molar-refractivity contribution < 1.29 is 9.59 Å². The summed E-state index contributed by atoms with van der Waals surface area (Å²) in [6.45, 7) is 1.17. The van der Waals surface area contributed by atoms with Gasteiger partial charge in [0.25, 0.3) is 5.91 Å². The monoisotopic (exact) mass is 348 g/mol. The Morgan fingerprint density at radius 2 is 1.83 bits per heavy atom. The van der Waals surface area contributed by atoms with E-state index in [9.17, 15) is 9.59 Å². The second kappa shape index (κ2) is 10.1. The lowest BCUT2D eigenvalue weighted by molar-refractivity contribution is -0.121. The summed E-state index contributed by atoms with van der Waals surface area (Å²) in [6.07, 6.45) is 1.08. The summed E-state index contributed by atoms with van der Waals surface area (Å²) in [6, 6.07) is 13.8. The lowest BCUT2D eigenvalue weighted by Crippen LogP contribution is -2.28. The second-order valence-corrected chi connectivity index (χ2v) is 6.96. The molecule has 1 heterocycles. The summed E-state index contributed by atoms with van der Waals surface area (Å²) in [5.41, 5.74) is 0. The van der Waals surface area contributed by atoms with Crippen LogP contribution in [0.2, 0.25) is 0 Å². The first-order valence-electron chi connectivity index (χ1n) is 7.52. The normalized spacial score (nSPS) is 10.3. The van der Waals surface area contributed by atoms with Gasteiger partial charge in [0.15, 0.2) is 0 Å². The summed E-state index contributed by atoms with van der Waals surface area (Å²) in [7, 11) is 0. The van der Waals surface area contributed by atoms with Crippen LogP contribution in [0.4, 0.5) is 0 Å². The van der Waals surface area contributed by atoms with Crippen LogP contribution in [-0.4, -0.2) is 30.7 Å². The van der Waals surface area contributed by atoms with Gasteiger partial charge >= 0.3 is 0 Å². The number of nitrogens with one attached hydrogen (secondary N) is 2. The number of benzene rings is 1. The zero-order valence-corrected chi connectivity index (χ0v) is 14.4. The number of thiophene rings is 1. The van der Waals surface area contributed by atoms with E-state index in [4.69, 9.17) is 0 Å². The smallest absolute Gasteiger partial charge is 0.261 e. The highest BCUT2D eigenvalue weighted by molar-refractivity contribution is 7.99. The standard InChI is InChI=1S/C17H20N2O2S2/c20-16(18-11-13-22-14-6-2-1-3-7-14)9-4-10-19-17(21)15-8-5-12-23-15/h1-3,5-8,12H,4,9-11,13H2,(H,18,20)(H,19,21). The number of rotatable bonds is 9. The molecule has 0 aliphatic carbocycles. The second-order valence-electron chi connectivity index (χ2n) is 4.85. The fourth-order valence-corrected chi connectivity index (χ4v) is 3.34. The van der Waals surface area contributed by atoms with Crippen molar-refractivity contribution in [2.45, 2.75) is 17.7 Å². The van der Waals surface area contributed by atoms with Gasteiger partial charge in [-0.2, -0.15) is 0 Å². The molecule has 2 amide bonds. The van der Waals surface area contributed by atoms with Gasteiger partial charge in [0, 0.05) is 30.2 Å². The molecule has 0 radical (unpaired) electrons. The van der Waals surface area contributed by atoms with Crippen LogP contribution in [-0.2, 0) is 4.79 Å². The number of amides is 2. The minimum atomic E-state index is -0.0698. The largest absolute Gasteiger partial charge is 0.355 e. The number of carbonyl (C=O) groups excluding carboxylic acids is 2. The number of hydrogen-bond donors (Lipinski definition) is 2. The Bertz CT molecular complexity index is 600. The third-order valence-electron chi connectivity index (χ3n) is 3.05. The van der Waals surface area contributed by atoms with Gasteiger partial charge in [-0.1, -0.05) is 24.3 Å². The first kappa shape index (κ1) is 17.6. The maximum absolute atomic E-state index is 11.7. The molecule has 0 saturated heterocycles. The molecule has 0 spiro atoms. The van der Waals surface area contributed by atoms with Crippen LogP contribution < -0.4 is 10.6 Å². The van der Waals surface area contributed by atoms with Crippen LogP contribution in [0.15, 0.2) is 52.7 Å². The van der Waals surface area contributed by atoms with Crippen molar-refractivity contribution in [1.29, 1.82) is 0 Å². The van der Waals surface area contributed by atoms with Crippen molar-refractivity contribution in [2.24, 2.45) is 0 Å². The molecule has 0 aliphatic rings. The van der Waals surface area contributed by atoms with Crippen LogP contribution in [0.1, 0.15) is 22.5 Å². The summed E-state index contributed by atoms with van der Waals surface area (Å²) in [5.74, 6) is 0.814. The van der Waals surface area contributed by atoms with Gasteiger partial charge in [-0.05, 0) is 30.0 Å². The van der Waals surface area contributed by atoms with Crippen molar-refractivity contribution in [1.82, 2.24) is 10.6 Å². The molecule has 2 aromatic rings. The van der Waals surface area contributed by atoms with Gasteiger partial charge in [0.1, 0.15) is 0 Å². The maximum atomic E-state index is 11.7. The minimum absolute atomic E-state index is 0.0315. The Morgan fingerprint density at radius 1 is 1.00 bits per heavy atom. The number of hydrogen-bond acceptors (Lipinski definition) is 4. The summed E-state index contributed by atoms with van der Waals surface area (Å²) >= 11 is 3.14. The quantitative estimate of drug-likeness (QED) is 0.540. The molecule has 1 aromatic carbocycles. The lowest BCUT2D eigenvalue weighted by atomic mass is 10.3. The summed E-state index contributed by atoms with van der Waals surface area (Å²) in [5, 5.41) is 7.59. The van der Waals surface area contributed by atoms with Crippen LogP contribution in [0.5, 0.6) is 0 Å². The van der Waals surface area contributed by atoms with Crippen LogP contribution in [0.3, 0.4) is 0 Å². The van der Waals surface area contributed by atoms with Crippen LogP contribution in [0, 0.1) is 0 Å². The summed E-state index contributed by atoms with van der Waals surface area (Å²) < 4.78 is 0. The third kappa shape index (κ3) is 6.88. The molecule has 0 atom stereocenters. The fourth-order valence-electron chi connectivity index (χ4n) is 1.91. The predicted octanol–water partition coefficient (Wildman–Crippen LogP) is 3.17. The van der Waals surface area contributed by atoms with Crippen molar-refractivity contribution in [3.8, 4) is 0 Å². The average molecular weight is 348 g/mol. The molecule has 0 unspecified atom stereocenters. The Morgan fingerprint density at radius 3 is 2.57 bits per heavy atom. The molecule has 2 rings (SSSR count). The van der Waals surface area contributed by atoms with Crippen molar-refractivity contribution in [3.05, 3.63) is 52.7 Å². The predicted molar refractivity (Wildman–Crippen MR) is 96.1 cm³/mol. The Labute approximate surface area is 144 Å². The Hall–Kier alpha value is -1.79. The van der Waals surface area contributed by atoms with Crippen molar-refractivity contribution >= 4 is 34.9 Å². The van der Waals surface area contributed by atoms with E-state index in [1.54, 1.807) is 17.8 Å². The molecule has 6 heteroatoms. The van der Waals surface area contributed by atoms with E-state index in [-0.39, 0.29) is 11.8 Å². The van der Waals surface area contributed by atoms with E-state index in [1.165, 1.54) is 16.2 Å². The van der Waals surface area contributed by atoms with Gasteiger partial charge in [-0.15, -0.1) is 23.1 Å². The Balaban J connectivity index is 1.49. The topological polar surface area (TPSA) is 58.2 Å². The molecular weight excluding hydrogens is 328 g/mol. The zero-order chi connectivity index (χ0) is 16.3. The number of thioether (sulfide) groups is 1. The van der Waals surface area contributed by atoms with Gasteiger partial charge in [-0.25, -0.2) is 0 Å². The van der Waals surface area contributed by atoms with E-state index in [1.807, 2.05) is 29.6 Å². The van der Waals surface area contributed by atoms with Gasteiger partial charge in [0.2, 0.25) is 5.91 Å². The van der Waals surface area contributed by atoms with E-state index in [0.29, 0.717) is 30.8 Å². The number of carbonyl (C=O) groups is 2. The van der Waals surface area contributed by atoms with Crippen molar-refractivity contribution in [3.63, 3.8) is 0 Å². The van der Waals surface area contributed by atoms with Gasteiger partial charge in [-0.3, -0.25) is 9.59 Å². The van der Waals surface area contributed by atoms with Crippen LogP contribution >= 0.6 is 23.1 Å². The van der Waals surface area contributed by atoms with Crippen LogP contribution in [0.25, 0.3) is 0 Å². The highest BCUT2D eigenvalue weighted by Crippen LogP contribution is 2.15. The fraction of sp³-hybridized carbons (Fsp3) is 0.294. The lowest BCUT2D eigenvalue weighted by Gasteiger charge is -2.06. The molecule has 0 fully saturated rings. The first-order valence-corrected chi connectivity index (χ1v) is 9.38. The van der Waals surface area contributed by atoms with Crippen molar-refractivity contribution in [2.75, 3.05) is 18.8 Å². The molecule has 4 nitrogen and oxygen atoms in total. The molecule has 2 N–H and O–H groups in total. The molecular formula is C17H20N2O2S2. The van der Waals surface area contributed by atoms with E-state index in [2.05, 4.69) is 22.8 Å². The maximum Gasteiger partial charge on any atom is 0.261 e. The van der Waals surface area contributed by atoms with E-state index < -0.39 is 0 Å². The third-order valence-corrected chi connectivity index (χ3v) is 4.93. The SMILES string of the molecule is O=C(CCCNC(=O)c1cccs1)NCCSc1ccccc1. The molecule has 23 heavy (non-hydrogen) atoms.